The summed E-state index contributed by atoms with van der Waals surface area (Å²) in [6.45, 7) is 0. The predicted octanol–water partition coefficient (Wildman–Crippen LogP) is 4.53. The van der Waals surface area contributed by atoms with Gasteiger partial charge in [0.25, 0.3) is 5.91 Å². The van der Waals surface area contributed by atoms with E-state index in [0.717, 1.165) is 38.2 Å². The number of rotatable bonds is 2. The molecule has 2 rings (SSSR count). The number of alkyl halides is 3. The fraction of sp³-hybridized carbons (Fsp3) is 0.500. The van der Waals surface area contributed by atoms with Crippen molar-refractivity contribution in [2.75, 3.05) is 0 Å². The van der Waals surface area contributed by atoms with Gasteiger partial charge >= 0.3 is 6.18 Å². The van der Waals surface area contributed by atoms with E-state index < -0.39 is 17.6 Å². The van der Waals surface area contributed by atoms with Crippen LogP contribution in [0.5, 0.6) is 0 Å². The van der Waals surface area contributed by atoms with Gasteiger partial charge < -0.3 is 5.32 Å². The second-order valence-corrected chi connectivity index (χ2v) is 5.82. The number of nitrogens with one attached hydrogen (secondary N) is 1. The minimum atomic E-state index is -4.54. The van der Waals surface area contributed by atoms with Gasteiger partial charge in [-0.1, -0.05) is 25.3 Å². The van der Waals surface area contributed by atoms with E-state index in [4.69, 9.17) is 0 Å². The molecule has 1 amide bonds. The Morgan fingerprint density at radius 3 is 2.45 bits per heavy atom. The van der Waals surface area contributed by atoms with Crippen molar-refractivity contribution in [1.82, 2.24) is 5.32 Å². The summed E-state index contributed by atoms with van der Waals surface area (Å²) in [5.41, 5.74) is -1.23. The molecule has 1 N–H and O–H groups in total. The fourth-order valence-electron chi connectivity index (χ4n) is 2.50. The third-order valence-corrected chi connectivity index (χ3v) is 4.15. The van der Waals surface area contributed by atoms with Crippen molar-refractivity contribution in [3.8, 4) is 0 Å². The lowest BCUT2D eigenvalue weighted by molar-refractivity contribution is -0.138. The molecule has 0 spiro atoms. The molecule has 0 aliphatic heterocycles. The zero-order valence-electron chi connectivity index (χ0n) is 10.8. The summed E-state index contributed by atoms with van der Waals surface area (Å²) in [5, 5.41) is 2.72. The van der Waals surface area contributed by atoms with E-state index in [1.807, 2.05) is 0 Å². The average molecular weight is 350 g/mol. The standard InChI is InChI=1S/C14H15BrF3NO/c15-11-8-4-7-10(14(16,17)18)12(11)13(20)19-9-5-2-1-3-6-9/h4,7-9H,1-3,5-6H2,(H,19,20). The normalized spacial score (nSPS) is 17.0. The molecule has 1 aromatic carbocycles. The topological polar surface area (TPSA) is 29.1 Å². The highest BCUT2D eigenvalue weighted by Crippen LogP contribution is 2.35. The van der Waals surface area contributed by atoms with Gasteiger partial charge in [-0.15, -0.1) is 0 Å². The second-order valence-electron chi connectivity index (χ2n) is 4.97. The Balaban J connectivity index is 2.24. The largest absolute Gasteiger partial charge is 0.417 e. The molecule has 1 aliphatic carbocycles. The molecule has 1 aliphatic rings. The number of hydrogen-bond acceptors (Lipinski definition) is 1. The van der Waals surface area contributed by atoms with E-state index in [-0.39, 0.29) is 16.1 Å². The third kappa shape index (κ3) is 3.53. The van der Waals surface area contributed by atoms with Crippen LogP contribution in [0, 0.1) is 0 Å². The minimum absolute atomic E-state index is 0.0237. The molecule has 1 fully saturated rings. The zero-order valence-corrected chi connectivity index (χ0v) is 12.4. The molecule has 0 aromatic heterocycles. The van der Waals surface area contributed by atoms with Crippen LogP contribution >= 0.6 is 15.9 Å². The first-order valence-electron chi connectivity index (χ1n) is 6.56. The van der Waals surface area contributed by atoms with Crippen LogP contribution in [-0.2, 0) is 6.18 Å². The summed E-state index contributed by atoms with van der Waals surface area (Å²) in [6.07, 6.45) is 0.257. The van der Waals surface area contributed by atoms with Crippen LogP contribution in [0.1, 0.15) is 48.0 Å². The number of carbonyl (C=O) groups is 1. The first-order valence-corrected chi connectivity index (χ1v) is 7.35. The van der Waals surface area contributed by atoms with Crippen LogP contribution < -0.4 is 5.32 Å². The first-order chi connectivity index (χ1) is 9.39. The molecule has 0 radical (unpaired) electrons. The average Bonchev–Trinajstić information content (AvgIpc) is 2.38. The molecular formula is C14H15BrF3NO. The van der Waals surface area contributed by atoms with Gasteiger partial charge in [-0.3, -0.25) is 4.79 Å². The highest BCUT2D eigenvalue weighted by Gasteiger charge is 2.36. The van der Waals surface area contributed by atoms with Crippen LogP contribution in [0.3, 0.4) is 0 Å². The van der Waals surface area contributed by atoms with Gasteiger partial charge in [0.15, 0.2) is 0 Å². The molecule has 0 bridgehead atoms. The van der Waals surface area contributed by atoms with Gasteiger partial charge in [-0.2, -0.15) is 13.2 Å². The molecule has 110 valence electrons. The van der Waals surface area contributed by atoms with Crippen LogP contribution in [0.25, 0.3) is 0 Å². The molecule has 1 saturated carbocycles. The van der Waals surface area contributed by atoms with Crippen molar-refractivity contribution in [2.45, 2.75) is 44.3 Å². The number of hydrogen-bond donors (Lipinski definition) is 1. The van der Waals surface area contributed by atoms with Crippen molar-refractivity contribution in [2.24, 2.45) is 0 Å². The zero-order chi connectivity index (χ0) is 14.8. The number of halogens is 4. The highest BCUT2D eigenvalue weighted by atomic mass is 79.9. The molecule has 2 nitrogen and oxygen atoms in total. The van der Waals surface area contributed by atoms with Gasteiger partial charge in [0.05, 0.1) is 11.1 Å². The Morgan fingerprint density at radius 2 is 1.85 bits per heavy atom. The van der Waals surface area contributed by atoms with Crippen LogP contribution in [0.2, 0.25) is 0 Å². The molecule has 0 unspecified atom stereocenters. The number of benzene rings is 1. The van der Waals surface area contributed by atoms with E-state index in [1.54, 1.807) is 0 Å². The summed E-state index contributed by atoms with van der Waals surface area (Å²) in [4.78, 5) is 12.2. The van der Waals surface area contributed by atoms with Gasteiger partial charge in [0, 0.05) is 10.5 Å². The van der Waals surface area contributed by atoms with E-state index in [9.17, 15) is 18.0 Å². The minimum Gasteiger partial charge on any atom is -0.349 e. The smallest absolute Gasteiger partial charge is 0.349 e. The lowest BCUT2D eigenvalue weighted by Gasteiger charge is -2.24. The van der Waals surface area contributed by atoms with E-state index in [2.05, 4.69) is 21.2 Å². The van der Waals surface area contributed by atoms with E-state index in [1.165, 1.54) is 12.1 Å². The highest BCUT2D eigenvalue weighted by molar-refractivity contribution is 9.10. The number of amides is 1. The Morgan fingerprint density at radius 1 is 1.20 bits per heavy atom. The molecule has 1 aromatic rings. The SMILES string of the molecule is O=C(NC1CCCCC1)c1c(Br)cccc1C(F)(F)F. The van der Waals surface area contributed by atoms with Crippen molar-refractivity contribution < 1.29 is 18.0 Å². The van der Waals surface area contributed by atoms with Gasteiger partial charge in [0.1, 0.15) is 0 Å². The van der Waals surface area contributed by atoms with Gasteiger partial charge in [-0.25, -0.2) is 0 Å². The Kier molecular flexibility index (Phi) is 4.73. The predicted molar refractivity (Wildman–Crippen MR) is 73.5 cm³/mol. The Hall–Kier alpha value is -1.04. The van der Waals surface area contributed by atoms with Gasteiger partial charge in [0.2, 0.25) is 0 Å². The summed E-state index contributed by atoms with van der Waals surface area (Å²) >= 11 is 3.04. The Labute approximate surface area is 123 Å². The lowest BCUT2D eigenvalue weighted by Crippen LogP contribution is -2.37. The summed E-state index contributed by atoms with van der Waals surface area (Å²) in [7, 11) is 0. The molecule has 0 saturated heterocycles. The first kappa shape index (κ1) is 15.4. The maximum atomic E-state index is 13.0. The van der Waals surface area contributed by atoms with Crippen molar-refractivity contribution in [3.63, 3.8) is 0 Å². The third-order valence-electron chi connectivity index (χ3n) is 3.49. The molecule has 20 heavy (non-hydrogen) atoms. The summed E-state index contributed by atoms with van der Waals surface area (Å²) in [5.74, 6) is -0.656. The van der Waals surface area contributed by atoms with Crippen molar-refractivity contribution in [3.05, 3.63) is 33.8 Å². The maximum Gasteiger partial charge on any atom is 0.417 e. The van der Waals surface area contributed by atoms with Crippen LogP contribution in [0.4, 0.5) is 13.2 Å². The van der Waals surface area contributed by atoms with Crippen LogP contribution in [0.15, 0.2) is 22.7 Å². The van der Waals surface area contributed by atoms with E-state index in [0.29, 0.717) is 0 Å². The monoisotopic (exact) mass is 349 g/mol. The van der Waals surface area contributed by atoms with Crippen LogP contribution in [-0.4, -0.2) is 11.9 Å². The van der Waals surface area contributed by atoms with Gasteiger partial charge in [-0.05, 0) is 40.9 Å². The molecule has 0 heterocycles. The second kappa shape index (κ2) is 6.16. The van der Waals surface area contributed by atoms with Crippen molar-refractivity contribution in [1.29, 1.82) is 0 Å². The van der Waals surface area contributed by atoms with Crippen molar-refractivity contribution >= 4 is 21.8 Å². The summed E-state index contributed by atoms with van der Waals surface area (Å²) < 4.78 is 39.1. The quantitative estimate of drug-likeness (QED) is 0.834. The maximum absolute atomic E-state index is 13.0. The molecular weight excluding hydrogens is 335 g/mol. The molecule has 0 atom stereocenters. The lowest BCUT2D eigenvalue weighted by atomic mass is 9.95. The Bertz CT molecular complexity index is 496. The molecule has 6 heteroatoms. The van der Waals surface area contributed by atoms with E-state index >= 15 is 0 Å². The fourth-order valence-corrected chi connectivity index (χ4v) is 3.04. The number of carbonyl (C=O) groups excluding carboxylic acids is 1. The summed E-state index contributed by atoms with van der Waals surface area (Å²) in [6, 6.07) is 3.64.